The fourth-order valence-corrected chi connectivity index (χ4v) is 3.55. The van der Waals surface area contributed by atoms with Gasteiger partial charge in [-0.05, 0) is 48.7 Å². The van der Waals surface area contributed by atoms with Crippen molar-refractivity contribution in [3.05, 3.63) is 94.0 Å². The quantitative estimate of drug-likeness (QED) is 0.439. The standard InChI is InChI=1S/C23H19ClFN3O/c1-13-5-6-16(11-19(13)25)20(28-23-14(2)10-17(24)12-27-23)18-8-7-15-4-3-9-26-21(15)22(18)29/h3-12,20,29H,1-2H3,(H,27,28). The Hall–Kier alpha value is -3.18. The largest absolute Gasteiger partial charge is 0.505 e. The van der Waals surface area contributed by atoms with Crippen molar-refractivity contribution in [3.8, 4) is 5.75 Å². The van der Waals surface area contributed by atoms with E-state index >= 15 is 0 Å². The average molecular weight is 408 g/mol. The molecule has 1 atom stereocenters. The molecule has 2 heterocycles. The van der Waals surface area contributed by atoms with Crippen molar-refractivity contribution in [2.75, 3.05) is 5.32 Å². The molecule has 29 heavy (non-hydrogen) atoms. The van der Waals surface area contributed by atoms with Crippen molar-refractivity contribution in [1.29, 1.82) is 0 Å². The molecule has 0 aliphatic carbocycles. The van der Waals surface area contributed by atoms with E-state index in [2.05, 4.69) is 15.3 Å². The first-order chi connectivity index (χ1) is 13.9. The second kappa shape index (κ2) is 7.68. The van der Waals surface area contributed by atoms with Gasteiger partial charge in [0, 0.05) is 23.3 Å². The third-order valence-electron chi connectivity index (χ3n) is 4.95. The van der Waals surface area contributed by atoms with E-state index in [9.17, 15) is 9.50 Å². The van der Waals surface area contributed by atoms with Crippen LogP contribution < -0.4 is 5.32 Å². The SMILES string of the molecule is Cc1ccc(C(Nc2ncc(Cl)cc2C)c2ccc3cccnc3c2O)cc1F. The summed E-state index contributed by atoms with van der Waals surface area (Å²) in [5, 5.41) is 15.6. The summed E-state index contributed by atoms with van der Waals surface area (Å²) in [6.45, 7) is 3.60. The maximum atomic E-state index is 14.3. The molecule has 0 aliphatic rings. The summed E-state index contributed by atoms with van der Waals surface area (Å²) in [6, 6.07) is 13.7. The predicted octanol–water partition coefficient (Wildman–Crippen LogP) is 5.95. The second-order valence-corrected chi connectivity index (χ2v) is 7.42. The van der Waals surface area contributed by atoms with Crippen LogP contribution in [0.1, 0.15) is 28.3 Å². The molecule has 0 saturated heterocycles. The van der Waals surface area contributed by atoms with Gasteiger partial charge in [0.25, 0.3) is 0 Å². The number of nitrogens with zero attached hydrogens (tertiary/aromatic N) is 2. The van der Waals surface area contributed by atoms with Gasteiger partial charge in [-0.1, -0.05) is 41.9 Å². The van der Waals surface area contributed by atoms with Gasteiger partial charge in [-0.25, -0.2) is 9.37 Å². The number of pyridine rings is 2. The van der Waals surface area contributed by atoms with E-state index in [4.69, 9.17) is 11.6 Å². The molecule has 0 amide bonds. The number of nitrogens with one attached hydrogen (secondary N) is 1. The number of rotatable bonds is 4. The number of phenols is 1. The molecule has 4 rings (SSSR count). The highest BCUT2D eigenvalue weighted by atomic mass is 35.5. The molecule has 0 radical (unpaired) electrons. The van der Waals surface area contributed by atoms with Gasteiger partial charge < -0.3 is 10.4 Å². The minimum Gasteiger partial charge on any atom is -0.505 e. The number of hydrogen-bond donors (Lipinski definition) is 2. The lowest BCUT2D eigenvalue weighted by atomic mass is 9.95. The van der Waals surface area contributed by atoms with Crippen molar-refractivity contribution < 1.29 is 9.50 Å². The van der Waals surface area contributed by atoms with E-state index in [0.717, 1.165) is 10.9 Å². The number of benzene rings is 2. The average Bonchev–Trinajstić information content (AvgIpc) is 2.71. The van der Waals surface area contributed by atoms with Crippen LogP contribution >= 0.6 is 11.6 Å². The van der Waals surface area contributed by atoms with Gasteiger partial charge in [0.05, 0.1) is 11.1 Å². The van der Waals surface area contributed by atoms with Crippen molar-refractivity contribution >= 4 is 28.3 Å². The lowest BCUT2D eigenvalue weighted by Crippen LogP contribution is -2.15. The Morgan fingerprint density at radius 1 is 1.03 bits per heavy atom. The van der Waals surface area contributed by atoms with Crippen molar-refractivity contribution in [1.82, 2.24) is 9.97 Å². The van der Waals surface area contributed by atoms with Crippen LogP contribution in [0, 0.1) is 19.7 Å². The highest BCUT2D eigenvalue weighted by molar-refractivity contribution is 6.30. The van der Waals surface area contributed by atoms with Gasteiger partial charge in [-0.2, -0.15) is 0 Å². The Labute approximate surface area is 173 Å². The topological polar surface area (TPSA) is 58.0 Å². The Morgan fingerprint density at radius 3 is 2.62 bits per heavy atom. The van der Waals surface area contributed by atoms with Crippen LogP contribution in [0.3, 0.4) is 0 Å². The minimum atomic E-state index is -0.538. The number of hydrogen-bond acceptors (Lipinski definition) is 4. The fraction of sp³-hybridized carbons (Fsp3) is 0.130. The molecule has 0 fully saturated rings. The number of anilines is 1. The molecule has 2 N–H and O–H groups in total. The zero-order valence-corrected chi connectivity index (χ0v) is 16.7. The normalized spacial score (nSPS) is 12.1. The van der Waals surface area contributed by atoms with E-state index in [1.54, 1.807) is 31.5 Å². The Morgan fingerprint density at radius 2 is 1.86 bits per heavy atom. The van der Waals surface area contributed by atoms with Crippen LogP contribution in [0.4, 0.5) is 10.2 Å². The van der Waals surface area contributed by atoms with E-state index < -0.39 is 6.04 Å². The lowest BCUT2D eigenvalue weighted by Gasteiger charge is -2.23. The molecule has 146 valence electrons. The number of aromatic hydroxyl groups is 1. The van der Waals surface area contributed by atoms with E-state index in [0.29, 0.717) is 33.0 Å². The first-order valence-corrected chi connectivity index (χ1v) is 9.53. The lowest BCUT2D eigenvalue weighted by molar-refractivity contribution is 0.471. The highest BCUT2D eigenvalue weighted by Crippen LogP contribution is 2.37. The van der Waals surface area contributed by atoms with Crippen LogP contribution in [0.25, 0.3) is 10.9 Å². The van der Waals surface area contributed by atoms with E-state index in [1.165, 1.54) is 6.07 Å². The van der Waals surface area contributed by atoms with Crippen LogP contribution in [0.5, 0.6) is 5.75 Å². The number of aromatic nitrogens is 2. The monoisotopic (exact) mass is 407 g/mol. The summed E-state index contributed by atoms with van der Waals surface area (Å²) in [5.41, 5.74) is 3.13. The van der Waals surface area contributed by atoms with E-state index in [-0.39, 0.29) is 11.6 Å². The number of phenolic OH excluding ortho intramolecular Hbond substituents is 1. The molecular weight excluding hydrogens is 389 g/mol. The molecule has 4 nitrogen and oxygen atoms in total. The molecule has 1 unspecified atom stereocenters. The maximum Gasteiger partial charge on any atom is 0.147 e. The van der Waals surface area contributed by atoms with Gasteiger partial charge in [-0.3, -0.25) is 4.98 Å². The molecule has 0 saturated carbocycles. The molecule has 6 heteroatoms. The molecule has 2 aromatic heterocycles. The third-order valence-corrected chi connectivity index (χ3v) is 5.15. The third kappa shape index (κ3) is 3.74. The smallest absolute Gasteiger partial charge is 0.147 e. The molecular formula is C23H19ClFN3O. The maximum absolute atomic E-state index is 14.3. The Kier molecular flexibility index (Phi) is 5.07. The van der Waals surface area contributed by atoms with Crippen LogP contribution in [0.2, 0.25) is 5.02 Å². The summed E-state index contributed by atoms with van der Waals surface area (Å²) in [7, 11) is 0. The summed E-state index contributed by atoms with van der Waals surface area (Å²) in [4.78, 5) is 8.67. The number of fused-ring (bicyclic) bond motifs is 1. The van der Waals surface area contributed by atoms with Crippen LogP contribution in [0.15, 0.2) is 60.9 Å². The van der Waals surface area contributed by atoms with Gasteiger partial charge in [0.15, 0.2) is 0 Å². The first-order valence-electron chi connectivity index (χ1n) is 9.15. The van der Waals surface area contributed by atoms with Crippen LogP contribution in [-0.4, -0.2) is 15.1 Å². The van der Waals surface area contributed by atoms with Gasteiger partial charge >= 0.3 is 0 Å². The number of halogens is 2. The van der Waals surface area contributed by atoms with E-state index in [1.807, 2.05) is 37.3 Å². The van der Waals surface area contributed by atoms with Crippen molar-refractivity contribution in [2.45, 2.75) is 19.9 Å². The van der Waals surface area contributed by atoms with Crippen molar-refractivity contribution in [2.24, 2.45) is 0 Å². The summed E-state index contributed by atoms with van der Waals surface area (Å²) in [5.74, 6) is 0.336. The molecule has 0 aliphatic heterocycles. The minimum absolute atomic E-state index is 0.0493. The Balaban J connectivity index is 1.88. The summed E-state index contributed by atoms with van der Waals surface area (Å²) >= 11 is 6.03. The fourth-order valence-electron chi connectivity index (χ4n) is 3.34. The van der Waals surface area contributed by atoms with Gasteiger partial charge in [0.1, 0.15) is 22.9 Å². The first kappa shape index (κ1) is 19.2. The zero-order chi connectivity index (χ0) is 20.5. The summed E-state index contributed by atoms with van der Waals surface area (Å²) in [6.07, 6.45) is 3.18. The molecule has 4 aromatic rings. The predicted molar refractivity (Wildman–Crippen MR) is 114 cm³/mol. The Bertz CT molecular complexity index is 1210. The van der Waals surface area contributed by atoms with Crippen LogP contribution in [-0.2, 0) is 0 Å². The zero-order valence-electron chi connectivity index (χ0n) is 15.9. The highest BCUT2D eigenvalue weighted by Gasteiger charge is 2.22. The van der Waals surface area contributed by atoms with Gasteiger partial charge in [0.2, 0.25) is 0 Å². The molecule has 0 bridgehead atoms. The van der Waals surface area contributed by atoms with Crippen molar-refractivity contribution in [3.63, 3.8) is 0 Å². The molecule has 2 aromatic carbocycles. The number of aryl methyl sites for hydroxylation is 2. The summed E-state index contributed by atoms with van der Waals surface area (Å²) < 4.78 is 14.3. The van der Waals surface area contributed by atoms with Gasteiger partial charge in [-0.15, -0.1) is 0 Å². The second-order valence-electron chi connectivity index (χ2n) is 6.98. The molecule has 0 spiro atoms.